The number of aromatic nitrogens is 2. The van der Waals surface area contributed by atoms with Gasteiger partial charge >= 0.3 is 0 Å². The number of hydrogen-bond acceptors (Lipinski definition) is 3. The summed E-state index contributed by atoms with van der Waals surface area (Å²) < 4.78 is 26.1. The number of rotatable bonds is 3. The molecule has 4 nitrogen and oxygen atoms in total. The lowest BCUT2D eigenvalue weighted by Gasteiger charge is -2.05. The van der Waals surface area contributed by atoms with Gasteiger partial charge in [-0.3, -0.25) is 4.79 Å². The van der Waals surface area contributed by atoms with E-state index in [1.54, 1.807) is 0 Å². The van der Waals surface area contributed by atoms with Crippen LogP contribution >= 0.6 is 11.6 Å². The minimum Gasteiger partial charge on any atom is -0.310 e. The van der Waals surface area contributed by atoms with Crippen LogP contribution in [-0.2, 0) is 11.2 Å². The number of amides is 1. The molecule has 1 amide bonds. The number of nitrogens with one attached hydrogen (secondary N) is 1. The van der Waals surface area contributed by atoms with Gasteiger partial charge in [0.2, 0.25) is 5.91 Å². The van der Waals surface area contributed by atoms with Crippen LogP contribution in [0.4, 0.5) is 14.6 Å². The third-order valence-electron chi connectivity index (χ3n) is 2.27. The topological polar surface area (TPSA) is 54.9 Å². The molecular formula is C12H8ClF2N3O. The number of carbonyl (C=O) groups excluding carboxylic acids is 1. The molecule has 0 saturated heterocycles. The molecule has 0 fully saturated rings. The van der Waals surface area contributed by atoms with E-state index in [2.05, 4.69) is 15.3 Å². The maximum Gasteiger partial charge on any atom is 0.230 e. The van der Waals surface area contributed by atoms with Crippen LogP contribution in [0.3, 0.4) is 0 Å². The Labute approximate surface area is 112 Å². The molecular weight excluding hydrogens is 276 g/mol. The largest absolute Gasteiger partial charge is 0.310 e. The Kier molecular flexibility index (Phi) is 4.01. The van der Waals surface area contributed by atoms with Gasteiger partial charge in [0.15, 0.2) is 0 Å². The molecule has 1 heterocycles. The Morgan fingerprint density at radius 2 is 2.05 bits per heavy atom. The van der Waals surface area contributed by atoms with Gasteiger partial charge in [0.05, 0.1) is 6.42 Å². The van der Waals surface area contributed by atoms with E-state index in [0.717, 1.165) is 12.1 Å². The van der Waals surface area contributed by atoms with Crippen molar-refractivity contribution in [3.8, 4) is 0 Å². The molecule has 0 atom stereocenters. The van der Waals surface area contributed by atoms with Gasteiger partial charge in [-0.15, -0.1) is 0 Å². The summed E-state index contributed by atoms with van der Waals surface area (Å²) >= 11 is 5.63. The standard InChI is InChI=1S/C12H8ClF2N3O/c13-10-5-11(17-6-16-10)18-12(19)3-7-1-2-8(14)4-9(7)15/h1-2,4-6H,3H2,(H,16,17,18,19). The average Bonchev–Trinajstić information content (AvgIpc) is 2.33. The SMILES string of the molecule is O=C(Cc1ccc(F)cc1F)Nc1cc(Cl)ncn1. The molecule has 7 heteroatoms. The van der Waals surface area contributed by atoms with Crippen LogP contribution in [0.2, 0.25) is 5.15 Å². The predicted octanol–water partition coefficient (Wildman–Crippen LogP) is 2.59. The highest BCUT2D eigenvalue weighted by molar-refractivity contribution is 6.29. The molecule has 0 aliphatic carbocycles. The Morgan fingerprint density at radius 1 is 1.26 bits per heavy atom. The summed E-state index contributed by atoms with van der Waals surface area (Å²) in [4.78, 5) is 19.1. The van der Waals surface area contributed by atoms with Gasteiger partial charge in [0.25, 0.3) is 0 Å². The fourth-order valence-electron chi connectivity index (χ4n) is 1.43. The third-order valence-corrected chi connectivity index (χ3v) is 2.47. The van der Waals surface area contributed by atoms with Crippen molar-refractivity contribution in [2.24, 2.45) is 0 Å². The van der Waals surface area contributed by atoms with Crippen molar-refractivity contribution >= 4 is 23.3 Å². The number of hydrogen-bond donors (Lipinski definition) is 1. The minimum absolute atomic E-state index is 0.0963. The van der Waals surface area contributed by atoms with Crippen LogP contribution in [-0.4, -0.2) is 15.9 Å². The van der Waals surface area contributed by atoms with Crippen LogP contribution in [0.15, 0.2) is 30.6 Å². The number of halogens is 3. The van der Waals surface area contributed by atoms with E-state index in [1.807, 2.05) is 0 Å². The van der Waals surface area contributed by atoms with Crippen LogP contribution in [0, 0.1) is 11.6 Å². The third kappa shape index (κ3) is 3.69. The summed E-state index contributed by atoms with van der Waals surface area (Å²) in [6, 6.07) is 4.40. The van der Waals surface area contributed by atoms with E-state index in [9.17, 15) is 13.6 Å². The highest BCUT2D eigenvalue weighted by Crippen LogP contribution is 2.12. The quantitative estimate of drug-likeness (QED) is 0.881. The summed E-state index contributed by atoms with van der Waals surface area (Å²) in [5, 5.41) is 2.62. The zero-order valence-electron chi connectivity index (χ0n) is 9.53. The molecule has 0 saturated carbocycles. The molecule has 1 aromatic carbocycles. The maximum absolute atomic E-state index is 13.3. The summed E-state index contributed by atoms with van der Waals surface area (Å²) in [7, 11) is 0. The second-order valence-corrected chi connectivity index (χ2v) is 4.07. The second-order valence-electron chi connectivity index (χ2n) is 3.69. The summed E-state index contributed by atoms with van der Waals surface area (Å²) in [5.41, 5.74) is 0.0963. The first-order valence-corrected chi connectivity index (χ1v) is 5.64. The van der Waals surface area contributed by atoms with Crippen molar-refractivity contribution in [2.75, 3.05) is 5.32 Å². The lowest BCUT2D eigenvalue weighted by atomic mass is 10.1. The normalized spacial score (nSPS) is 10.3. The van der Waals surface area contributed by atoms with Crippen molar-refractivity contribution in [2.45, 2.75) is 6.42 Å². The molecule has 98 valence electrons. The average molecular weight is 284 g/mol. The minimum atomic E-state index is -0.768. The van der Waals surface area contributed by atoms with Gasteiger partial charge in [-0.2, -0.15) is 0 Å². The van der Waals surface area contributed by atoms with E-state index in [1.165, 1.54) is 18.5 Å². The molecule has 0 radical (unpaired) electrons. The fourth-order valence-corrected chi connectivity index (χ4v) is 1.57. The smallest absolute Gasteiger partial charge is 0.230 e. The number of anilines is 1. The second kappa shape index (κ2) is 5.71. The Balaban J connectivity index is 2.05. The summed E-state index contributed by atoms with van der Waals surface area (Å²) in [6.45, 7) is 0. The van der Waals surface area contributed by atoms with E-state index in [-0.39, 0.29) is 23.0 Å². The fraction of sp³-hybridized carbons (Fsp3) is 0.0833. The van der Waals surface area contributed by atoms with Gasteiger partial charge in [0, 0.05) is 12.1 Å². The van der Waals surface area contributed by atoms with Gasteiger partial charge in [-0.25, -0.2) is 18.7 Å². The van der Waals surface area contributed by atoms with E-state index in [4.69, 9.17) is 11.6 Å². The lowest BCUT2D eigenvalue weighted by Crippen LogP contribution is -2.16. The molecule has 19 heavy (non-hydrogen) atoms. The van der Waals surface area contributed by atoms with Crippen LogP contribution in [0.1, 0.15) is 5.56 Å². The van der Waals surface area contributed by atoms with Gasteiger partial charge < -0.3 is 5.32 Å². The van der Waals surface area contributed by atoms with E-state index >= 15 is 0 Å². The van der Waals surface area contributed by atoms with Crippen molar-refractivity contribution in [3.05, 3.63) is 52.9 Å². The highest BCUT2D eigenvalue weighted by Gasteiger charge is 2.10. The molecule has 2 aromatic rings. The summed E-state index contributed by atoms with van der Waals surface area (Å²) in [5.74, 6) is -1.73. The predicted molar refractivity (Wildman–Crippen MR) is 65.7 cm³/mol. The maximum atomic E-state index is 13.3. The molecule has 2 rings (SSSR count). The molecule has 0 bridgehead atoms. The van der Waals surface area contributed by atoms with E-state index in [0.29, 0.717) is 0 Å². The highest BCUT2D eigenvalue weighted by atomic mass is 35.5. The number of benzene rings is 1. The first-order chi connectivity index (χ1) is 9.04. The molecule has 1 aromatic heterocycles. The first kappa shape index (κ1) is 13.4. The van der Waals surface area contributed by atoms with Crippen LogP contribution in [0.5, 0.6) is 0 Å². The molecule has 0 unspecified atom stereocenters. The number of nitrogens with zero attached hydrogens (tertiary/aromatic N) is 2. The van der Waals surface area contributed by atoms with Crippen molar-refractivity contribution in [1.29, 1.82) is 0 Å². The Bertz CT molecular complexity index is 622. The molecule has 1 N–H and O–H groups in total. The van der Waals surface area contributed by atoms with Crippen LogP contribution < -0.4 is 5.32 Å². The van der Waals surface area contributed by atoms with Crippen molar-refractivity contribution < 1.29 is 13.6 Å². The molecule has 0 aliphatic heterocycles. The first-order valence-electron chi connectivity index (χ1n) is 5.26. The van der Waals surface area contributed by atoms with Gasteiger partial charge in [-0.05, 0) is 11.6 Å². The van der Waals surface area contributed by atoms with Gasteiger partial charge in [-0.1, -0.05) is 17.7 Å². The molecule has 0 aliphatic rings. The van der Waals surface area contributed by atoms with Crippen molar-refractivity contribution in [3.63, 3.8) is 0 Å². The monoisotopic (exact) mass is 283 g/mol. The molecule has 0 spiro atoms. The zero-order valence-corrected chi connectivity index (χ0v) is 10.3. The summed E-state index contributed by atoms with van der Waals surface area (Å²) in [6.07, 6.45) is 0.962. The van der Waals surface area contributed by atoms with E-state index < -0.39 is 17.5 Å². The Morgan fingerprint density at radius 3 is 2.74 bits per heavy atom. The Hall–Kier alpha value is -2.08. The number of carbonyl (C=O) groups is 1. The lowest BCUT2D eigenvalue weighted by molar-refractivity contribution is -0.115. The van der Waals surface area contributed by atoms with Crippen molar-refractivity contribution in [1.82, 2.24) is 9.97 Å². The van der Waals surface area contributed by atoms with Gasteiger partial charge in [0.1, 0.15) is 28.9 Å². The zero-order chi connectivity index (χ0) is 13.8. The van der Waals surface area contributed by atoms with Crippen LogP contribution in [0.25, 0.3) is 0 Å².